The first kappa shape index (κ1) is 17.2. The van der Waals surface area contributed by atoms with Crippen molar-refractivity contribution in [2.45, 2.75) is 6.42 Å². The number of ether oxygens (including phenoxy) is 1. The fourth-order valence-electron chi connectivity index (χ4n) is 2.68. The summed E-state index contributed by atoms with van der Waals surface area (Å²) in [5.41, 5.74) is 4.48. The molecule has 1 heterocycles. The molecule has 0 spiro atoms. The second kappa shape index (κ2) is 7.10. The van der Waals surface area contributed by atoms with E-state index in [4.69, 9.17) is 4.74 Å². The Morgan fingerprint density at radius 1 is 1.08 bits per heavy atom. The van der Waals surface area contributed by atoms with Gasteiger partial charge in [-0.25, -0.2) is 8.42 Å². The second-order valence-electron chi connectivity index (χ2n) is 5.94. The topological polar surface area (TPSA) is 102 Å². The zero-order chi connectivity index (χ0) is 17.9. The lowest BCUT2D eigenvalue weighted by Crippen LogP contribution is -2.46. The summed E-state index contributed by atoms with van der Waals surface area (Å²) >= 11 is 0. The van der Waals surface area contributed by atoms with Crippen molar-refractivity contribution in [3.63, 3.8) is 0 Å². The van der Waals surface area contributed by atoms with E-state index in [1.165, 1.54) is 0 Å². The first-order chi connectivity index (χ1) is 11.9. The highest BCUT2D eigenvalue weighted by molar-refractivity contribution is 7.91. The van der Waals surface area contributed by atoms with E-state index >= 15 is 0 Å². The molecule has 7 nitrogen and oxygen atoms in total. The van der Waals surface area contributed by atoms with Crippen LogP contribution in [0.3, 0.4) is 0 Å². The highest BCUT2D eigenvalue weighted by Crippen LogP contribution is 2.20. The Morgan fingerprint density at radius 3 is 2.56 bits per heavy atom. The zero-order valence-corrected chi connectivity index (χ0v) is 14.2. The molecule has 0 aliphatic carbocycles. The monoisotopic (exact) mass is 362 g/mol. The van der Waals surface area contributed by atoms with Crippen molar-refractivity contribution in [3.8, 4) is 5.75 Å². The number of carbonyl (C=O) groups excluding carboxylic acids is 2. The zero-order valence-electron chi connectivity index (χ0n) is 13.4. The Labute approximate surface area is 145 Å². The van der Waals surface area contributed by atoms with Gasteiger partial charge in [-0.05, 0) is 29.3 Å². The van der Waals surface area contributed by atoms with E-state index in [1.54, 1.807) is 6.07 Å². The van der Waals surface area contributed by atoms with Crippen LogP contribution in [0.4, 0.5) is 0 Å². The van der Waals surface area contributed by atoms with Crippen molar-refractivity contribution in [2.75, 3.05) is 18.1 Å². The normalized spacial score (nSPS) is 18.6. The van der Waals surface area contributed by atoms with Gasteiger partial charge in [-0.3, -0.25) is 20.4 Å². The second-order valence-corrected chi connectivity index (χ2v) is 8.16. The van der Waals surface area contributed by atoms with Crippen molar-refractivity contribution in [3.05, 3.63) is 42.5 Å². The van der Waals surface area contributed by atoms with E-state index < -0.39 is 27.6 Å². The molecule has 0 saturated carbocycles. The third kappa shape index (κ3) is 4.48. The number of hydrogen-bond acceptors (Lipinski definition) is 5. The molecule has 25 heavy (non-hydrogen) atoms. The fourth-order valence-corrected chi connectivity index (χ4v) is 4.42. The molecule has 1 aliphatic rings. The highest BCUT2D eigenvalue weighted by Gasteiger charge is 2.33. The van der Waals surface area contributed by atoms with Crippen LogP contribution >= 0.6 is 0 Å². The number of hydrazine groups is 1. The van der Waals surface area contributed by atoms with Gasteiger partial charge in [-0.2, -0.15) is 0 Å². The molecule has 1 atom stereocenters. The van der Waals surface area contributed by atoms with Gasteiger partial charge in [0.15, 0.2) is 16.4 Å². The lowest BCUT2D eigenvalue weighted by atomic mass is 10.1. The van der Waals surface area contributed by atoms with Crippen LogP contribution in [-0.2, 0) is 19.4 Å². The van der Waals surface area contributed by atoms with Gasteiger partial charge >= 0.3 is 0 Å². The quantitative estimate of drug-likeness (QED) is 0.784. The van der Waals surface area contributed by atoms with E-state index in [0.717, 1.165) is 10.8 Å². The molecular formula is C17H18N2O5S. The SMILES string of the molecule is O=C(COc1ccc2ccccc2c1)NNC(=O)[C@@H]1CCS(=O)(=O)C1. The lowest BCUT2D eigenvalue weighted by Gasteiger charge is -2.11. The van der Waals surface area contributed by atoms with Crippen molar-refractivity contribution >= 4 is 32.4 Å². The summed E-state index contributed by atoms with van der Waals surface area (Å²) < 4.78 is 28.1. The Kier molecular flexibility index (Phi) is 4.89. The predicted molar refractivity (Wildman–Crippen MR) is 92.5 cm³/mol. The minimum absolute atomic E-state index is 0.00408. The maximum absolute atomic E-state index is 11.8. The maximum Gasteiger partial charge on any atom is 0.276 e. The van der Waals surface area contributed by atoms with Crippen LogP contribution in [0.25, 0.3) is 10.8 Å². The number of carbonyl (C=O) groups is 2. The van der Waals surface area contributed by atoms with E-state index in [1.807, 2.05) is 36.4 Å². The first-order valence-corrected chi connectivity index (χ1v) is 9.66. The number of benzene rings is 2. The maximum atomic E-state index is 11.8. The third-order valence-electron chi connectivity index (χ3n) is 4.02. The number of rotatable bonds is 4. The number of hydrogen-bond donors (Lipinski definition) is 2. The average molecular weight is 362 g/mol. The first-order valence-electron chi connectivity index (χ1n) is 7.84. The Hall–Kier alpha value is -2.61. The molecule has 2 aromatic carbocycles. The molecule has 132 valence electrons. The lowest BCUT2D eigenvalue weighted by molar-refractivity contribution is -0.131. The molecule has 3 rings (SSSR count). The summed E-state index contributed by atoms with van der Waals surface area (Å²) in [6.07, 6.45) is 0.275. The van der Waals surface area contributed by atoms with Gasteiger partial charge in [-0.15, -0.1) is 0 Å². The molecule has 1 aliphatic heterocycles. The molecule has 0 aromatic heterocycles. The van der Waals surface area contributed by atoms with Gasteiger partial charge in [0.2, 0.25) is 5.91 Å². The van der Waals surface area contributed by atoms with Gasteiger partial charge in [0.05, 0.1) is 17.4 Å². The summed E-state index contributed by atoms with van der Waals surface area (Å²) in [4.78, 5) is 23.6. The molecule has 2 N–H and O–H groups in total. The molecule has 2 aromatic rings. The van der Waals surface area contributed by atoms with Gasteiger partial charge in [0, 0.05) is 0 Å². The summed E-state index contributed by atoms with van der Waals surface area (Å²) in [6.45, 7) is -0.262. The van der Waals surface area contributed by atoms with Crippen LogP contribution in [0.15, 0.2) is 42.5 Å². The van der Waals surface area contributed by atoms with Crippen molar-refractivity contribution in [1.82, 2.24) is 10.9 Å². The summed E-state index contributed by atoms with van der Waals surface area (Å²) in [5, 5.41) is 2.06. The number of amides is 2. The van der Waals surface area contributed by atoms with E-state index in [0.29, 0.717) is 5.75 Å². The summed E-state index contributed by atoms with van der Waals surface area (Å²) in [5.74, 6) is -1.27. The molecule has 8 heteroatoms. The minimum Gasteiger partial charge on any atom is -0.484 e. The smallest absolute Gasteiger partial charge is 0.276 e. The highest BCUT2D eigenvalue weighted by atomic mass is 32.2. The largest absolute Gasteiger partial charge is 0.484 e. The van der Waals surface area contributed by atoms with Crippen molar-refractivity contribution < 1.29 is 22.7 Å². The number of sulfone groups is 1. The molecule has 1 fully saturated rings. The van der Waals surface area contributed by atoms with E-state index in [9.17, 15) is 18.0 Å². The molecule has 0 unspecified atom stereocenters. The van der Waals surface area contributed by atoms with Crippen molar-refractivity contribution in [2.24, 2.45) is 5.92 Å². The van der Waals surface area contributed by atoms with Crippen LogP contribution < -0.4 is 15.6 Å². The molecule has 0 bridgehead atoms. The van der Waals surface area contributed by atoms with Crippen LogP contribution in [-0.4, -0.2) is 38.3 Å². The summed E-state index contributed by atoms with van der Waals surface area (Å²) in [7, 11) is -3.14. The predicted octanol–water partition coefficient (Wildman–Crippen LogP) is 0.801. The van der Waals surface area contributed by atoms with E-state index in [-0.39, 0.29) is 24.5 Å². The third-order valence-corrected chi connectivity index (χ3v) is 5.79. The Balaban J connectivity index is 1.47. The number of nitrogens with one attached hydrogen (secondary N) is 2. The molecular weight excluding hydrogens is 344 g/mol. The fraction of sp³-hybridized carbons (Fsp3) is 0.294. The van der Waals surface area contributed by atoms with Gasteiger partial charge in [0.1, 0.15) is 5.75 Å². The van der Waals surface area contributed by atoms with Crippen LogP contribution in [0.2, 0.25) is 0 Å². The van der Waals surface area contributed by atoms with Gasteiger partial charge in [-0.1, -0.05) is 30.3 Å². The Bertz CT molecular complexity index is 910. The average Bonchev–Trinajstić information content (AvgIpc) is 2.97. The van der Waals surface area contributed by atoms with Crippen LogP contribution in [0.5, 0.6) is 5.75 Å². The standard InChI is InChI=1S/C17H18N2O5S/c20-16(18-19-17(21)14-7-8-25(22,23)11-14)10-24-15-6-5-12-3-1-2-4-13(12)9-15/h1-6,9,14H,7-8,10-11H2,(H,18,20)(H,19,21)/t14-/m1/s1. The molecule has 0 radical (unpaired) electrons. The van der Waals surface area contributed by atoms with Crippen LogP contribution in [0.1, 0.15) is 6.42 Å². The van der Waals surface area contributed by atoms with E-state index in [2.05, 4.69) is 10.9 Å². The minimum atomic E-state index is -3.14. The summed E-state index contributed by atoms with van der Waals surface area (Å²) in [6, 6.07) is 13.3. The molecule has 1 saturated heterocycles. The van der Waals surface area contributed by atoms with Crippen molar-refractivity contribution in [1.29, 1.82) is 0 Å². The van der Waals surface area contributed by atoms with Gasteiger partial charge < -0.3 is 4.74 Å². The van der Waals surface area contributed by atoms with Gasteiger partial charge in [0.25, 0.3) is 5.91 Å². The van der Waals surface area contributed by atoms with Crippen LogP contribution in [0, 0.1) is 5.92 Å². The Morgan fingerprint density at radius 2 is 1.84 bits per heavy atom. The molecule has 2 amide bonds. The number of fused-ring (bicyclic) bond motifs is 1.